The lowest BCUT2D eigenvalue weighted by Crippen LogP contribution is -2.16. The molecular formula is C18H21Cl2NO3. The fourth-order valence-corrected chi connectivity index (χ4v) is 3.13. The number of rotatable bonds is 7. The van der Waals surface area contributed by atoms with Gasteiger partial charge >= 0.3 is 0 Å². The van der Waals surface area contributed by atoms with Gasteiger partial charge in [-0.05, 0) is 39.0 Å². The van der Waals surface area contributed by atoms with Crippen LogP contribution in [0.1, 0.15) is 34.7 Å². The third-order valence-electron chi connectivity index (χ3n) is 3.89. The van der Waals surface area contributed by atoms with Gasteiger partial charge < -0.3 is 14.0 Å². The van der Waals surface area contributed by atoms with Crippen molar-refractivity contribution in [3.8, 4) is 5.75 Å². The molecule has 0 fully saturated rings. The van der Waals surface area contributed by atoms with Crippen LogP contribution in [-0.4, -0.2) is 30.7 Å². The minimum Gasteiger partial charge on any atom is -0.485 e. The van der Waals surface area contributed by atoms with Gasteiger partial charge in [-0.25, -0.2) is 0 Å². The molecule has 0 N–H and O–H groups in total. The summed E-state index contributed by atoms with van der Waals surface area (Å²) in [4.78, 5) is 12.5. The molecule has 6 heteroatoms. The molecule has 130 valence electrons. The molecule has 4 nitrogen and oxygen atoms in total. The Morgan fingerprint density at radius 3 is 2.54 bits per heavy atom. The maximum Gasteiger partial charge on any atom is 0.202 e. The van der Waals surface area contributed by atoms with Crippen LogP contribution < -0.4 is 4.74 Å². The van der Waals surface area contributed by atoms with Crippen LogP contribution in [0.15, 0.2) is 24.3 Å². The summed E-state index contributed by atoms with van der Waals surface area (Å²) in [7, 11) is 1.67. The Kier molecular flexibility index (Phi) is 6.33. The van der Waals surface area contributed by atoms with E-state index in [4.69, 9.17) is 32.7 Å². The minimum absolute atomic E-state index is 0.0546. The molecule has 1 aromatic carbocycles. The largest absolute Gasteiger partial charge is 0.485 e. The zero-order valence-corrected chi connectivity index (χ0v) is 15.7. The zero-order chi connectivity index (χ0) is 17.9. The van der Waals surface area contributed by atoms with Crippen molar-refractivity contribution >= 4 is 29.0 Å². The smallest absolute Gasteiger partial charge is 0.202 e. The lowest BCUT2D eigenvalue weighted by molar-refractivity contribution is 0.0920. The monoisotopic (exact) mass is 369 g/mol. The summed E-state index contributed by atoms with van der Waals surface area (Å²) in [6.45, 7) is 6.51. The second-order valence-electron chi connectivity index (χ2n) is 5.75. The Bertz CT molecular complexity index is 740. The van der Waals surface area contributed by atoms with Crippen LogP contribution in [-0.2, 0) is 4.74 Å². The van der Waals surface area contributed by atoms with Gasteiger partial charge in [0.1, 0.15) is 5.75 Å². The maximum atomic E-state index is 12.5. The number of carbonyl (C=O) groups excluding carboxylic acids is 1. The highest BCUT2D eigenvalue weighted by atomic mass is 35.5. The average molecular weight is 370 g/mol. The number of ether oxygens (including phenoxy) is 2. The quantitative estimate of drug-likeness (QED) is 0.652. The predicted molar refractivity (Wildman–Crippen MR) is 96.8 cm³/mol. The number of carbonyl (C=O) groups is 1. The molecule has 2 rings (SSSR count). The fraction of sp³-hybridized carbons (Fsp3) is 0.389. The molecule has 0 saturated carbocycles. The molecule has 1 unspecified atom stereocenters. The van der Waals surface area contributed by atoms with Crippen LogP contribution in [0.25, 0.3) is 0 Å². The topological polar surface area (TPSA) is 40.5 Å². The van der Waals surface area contributed by atoms with E-state index < -0.39 is 0 Å². The fourth-order valence-electron chi connectivity index (χ4n) is 2.85. The third kappa shape index (κ3) is 4.12. The number of hydrogen-bond donors (Lipinski definition) is 0. The highest BCUT2D eigenvalue weighted by Gasteiger charge is 2.19. The molecule has 1 heterocycles. The SMILES string of the molecule is COCC(C)n1c(C)cc(C(=O)COc2ccc(Cl)c(Cl)c2)c1C. The first kappa shape index (κ1) is 18.8. The van der Waals surface area contributed by atoms with E-state index in [0.29, 0.717) is 28.0 Å². The van der Waals surface area contributed by atoms with Crippen molar-refractivity contribution in [3.05, 3.63) is 51.3 Å². The van der Waals surface area contributed by atoms with Crippen LogP contribution in [0.4, 0.5) is 0 Å². The summed E-state index contributed by atoms with van der Waals surface area (Å²) in [5.74, 6) is 0.435. The van der Waals surface area contributed by atoms with Crippen LogP contribution in [0.2, 0.25) is 10.0 Å². The number of nitrogens with zero attached hydrogens (tertiary/aromatic N) is 1. The van der Waals surface area contributed by atoms with Gasteiger partial charge in [0, 0.05) is 30.1 Å². The summed E-state index contributed by atoms with van der Waals surface area (Å²) in [5, 5.41) is 0.846. The van der Waals surface area contributed by atoms with Crippen molar-refractivity contribution in [2.45, 2.75) is 26.8 Å². The summed E-state index contributed by atoms with van der Waals surface area (Å²) in [6, 6.07) is 6.98. The number of aryl methyl sites for hydroxylation is 1. The summed E-state index contributed by atoms with van der Waals surface area (Å²) < 4.78 is 12.9. The van der Waals surface area contributed by atoms with Gasteiger partial charge in [-0.2, -0.15) is 0 Å². The van der Waals surface area contributed by atoms with E-state index in [1.807, 2.05) is 19.9 Å². The number of benzene rings is 1. The average Bonchev–Trinajstić information content (AvgIpc) is 2.83. The lowest BCUT2D eigenvalue weighted by atomic mass is 10.1. The van der Waals surface area contributed by atoms with Gasteiger partial charge in [-0.1, -0.05) is 23.2 Å². The van der Waals surface area contributed by atoms with Crippen LogP contribution in [0, 0.1) is 13.8 Å². The van der Waals surface area contributed by atoms with E-state index in [0.717, 1.165) is 11.4 Å². The minimum atomic E-state index is -0.0787. The van der Waals surface area contributed by atoms with E-state index in [1.165, 1.54) is 0 Å². The van der Waals surface area contributed by atoms with Crippen molar-refractivity contribution < 1.29 is 14.3 Å². The summed E-state index contributed by atoms with van der Waals surface area (Å²) in [6.07, 6.45) is 0. The van der Waals surface area contributed by atoms with Crippen molar-refractivity contribution in [1.82, 2.24) is 4.57 Å². The number of aromatic nitrogens is 1. The molecule has 0 saturated heterocycles. The van der Waals surface area contributed by atoms with E-state index in [9.17, 15) is 4.79 Å². The molecule has 1 atom stereocenters. The Labute approximate surface area is 152 Å². The van der Waals surface area contributed by atoms with Gasteiger partial charge in [-0.3, -0.25) is 4.79 Å². The first-order chi connectivity index (χ1) is 11.3. The Hall–Kier alpha value is -1.49. The molecule has 0 aliphatic carbocycles. The Balaban J connectivity index is 2.12. The normalized spacial score (nSPS) is 12.2. The van der Waals surface area contributed by atoms with Gasteiger partial charge in [0.15, 0.2) is 6.61 Å². The molecular weight excluding hydrogens is 349 g/mol. The molecule has 1 aromatic heterocycles. The number of halogens is 2. The molecule has 0 aliphatic rings. The number of methoxy groups -OCH3 is 1. The molecule has 2 aromatic rings. The molecule has 0 spiro atoms. The van der Waals surface area contributed by atoms with Crippen molar-refractivity contribution in [1.29, 1.82) is 0 Å². The van der Waals surface area contributed by atoms with Gasteiger partial charge in [-0.15, -0.1) is 0 Å². The van der Waals surface area contributed by atoms with Gasteiger partial charge in [0.2, 0.25) is 5.78 Å². The number of ketones is 1. The van der Waals surface area contributed by atoms with E-state index >= 15 is 0 Å². The molecule has 0 radical (unpaired) electrons. The van der Waals surface area contributed by atoms with E-state index in [-0.39, 0.29) is 18.4 Å². The second-order valence-corrected chi connectivity index (χ2v) is 6.56. The summed E-state index contributed by atoms with van der Waals surface area (Å²) in [5.41, 5.74) is 2.60. The van der Waals surface area contributed by atoms with Crippen molar-refractivity contribution in [2.75, 3.05) is 20.3 Å². The maximum absolute atomic E-state index is 12.5. The summed E-state index contributed by atoms with van der Waals surface area (Å²) >= 11 is 11.8. The van der Waals surface area contributed by atoms with Crippen LogP contribution in [0.5, 0.6) is 5.75 Å². The predicted octanol–water partition coefficient (Wildman–Crippen LogP) is 4.88. The first-order valence-corrected chi connectivity index (χ1v) is 8.39. The molecule has 0 amide bonds. The lowest BCUT2D eigenvalue weighted by Gasteiger charge is -2.17. The van der Waals surface area contributed by atoms with E-state index in [1.54, 1.807) is 25.3 Å². The van der Waals surface area contributed by atoms with Crippen LogP contribution >= 0.6 is 23.2 Å². The number of Topliss-reactive ketones (excluding diaryl/α,β-unsaturated/α-hetero) is 1. The first-order valence-electron chi connectivity index (χ1n) is 7.63. The molecule has 24 heavy (non-hydrogen) atoms. The van der Waals surface area contributed by atoms with Crippen molar-refractivity contribution in [2.24, 2.45) is 0 Å². The van der Waals surface area contributed by atoms with Crippen LogP contribution in [0.3, 0.4) is 0 Å². The zero-order valence-electron chi connectivity index (χ0n) is 14.2. The Morgan fingerprint density at radius 1 is 1.21 bits per heavy atom. The highest BCUT2D eigenvalue weighted by Crippen LogP contribution is 2.27. The molecule has 0 aliphatic heterocycles. The Morgan fingerprint density at radius 2 is 1.92 bits per heavy atom. The third-order valence-corrected chi connectivity index (χ3v) is 4.63. The number of hydrogen-bond acceptors (Lipinski definition) is 3. The van der Waals surface area contributed by atoms with Crippen molar-refractivity contribution in [3.63, 3.8) is 0 Å². The second kappa shape index (κ2) is 8.06. The molecule has 0 bridgehead atoms. The van der Waals surface area contributed by atoms with Gasteiger partial charge in [0.25, 0.3) is 0 Å². The highest BCUT2D eigenvalue weighted by molar-refractivity contribution is 6.42. The van der Waals surface area contributed by atoms with E-state index in [2.05, 4.69) is 11.5 Å². The standard InChI is InChI=1S/C18H21Cl2NO3/c1-11-7-15(13(3)21(11)12(2)9-23-4)18(22)10-24-14-5-6-16(19)17(20)8-14/h5-8,12H,9-10H2,1-4H3. The van der Waals surface area contributed by atoms with Gasteiger partial charge in [0.05, 0.1) is 22.7 Å².